The van der Waals surface area contributed by atoms with E-state index in [-0.39, 0.29) is 12.1 Å². The summed E-state index contributed by atoms with van der Waals surface area (Å²) in [4.78, 5) is 6.72. The van der Waals surface area contributed by atoms with E-state index in [4.69, 9.17) is 17.0 Å². The van der Waals surface area contributed by atoms with Crippen LogP contribution in [0, 0.1) is 13.8 Å². The van der Waals surface area contributed by atoms with Gasteiger partial charge in [-0.15, -0.1) is 0 Å². The maximum absolute atomic E-state index is 11.7. The summed E-state index contributed by atoms with van der Waals surface area (Å²) in [6.07, 6.45) is 2.91. The molecule has 8 nitrogen and oxygen atoms in total. The summed E-state index contributed by atoms with van der Waals surface area (Å²) < 4.78 is 33.6. The van der Waals surface area contributed by atoms with Crippen LogP contribution >= 0.6 is 12.2 Å². The zero-order valence-corrected chi connectivity index (χ0v) is 23.2. The SMILES string of the molecule is COc1cccc(-n2c(C)cc([C@H]3[C@@H](c4ccccn4)NC(=S)N3c3ccc(NS(C)(=O)=O)cc3)c2C)c1. The lowest BCUT2D eigenvalue weighted by Gasteiger charge is -2.28. The van der Waals surface area contributed by atoms with E-state index in [1.807, 2.05) is 48.5 Å². The third-order valence-electron chi connectivity index (χ3n) is 6.65. The van der Waals surface area contributed by atoms with Crippen molar-refractivity contribution >= 4 is 38.7 Å². The largest absolute Gasteiger partial charge is 0.497 e. The Bertz CT molecular complexity index is 1580. The molecule has 1 aliphatic heterocycles. The number of pyridine rings is 1. The molecule has 10 heteroatoms. The van der Waals surface area contributed by atoms with Gasteiger partial charge in [0.15, 0.2) is 5.11 Å². The van der Waals surface area contributed by atoms with Gasteiger partial charge >= 0.3 is 0 Å². The van der Waals surface area contributed by atoms with Gasteiger partial charge in [0.25, 0.3) is 0 Å². The van der Waals surface area contributed by atoms with Crippen molar-refractivity contribution in [1.29, 1.82) is 0 Å². The molecule has 1 fully saturated rings. The first-order chi connectivity index (χ1) is 18.2. The van der Waals surface area contributed by atoms with Gasteiger partial charge in [0.2, 0.25) is 10.0 Å². The van der Waals surface area contributed by atoms with E-state index in [0.717, 1.165) is 46.0 Å². The Morgan fingerprint density at radius 1 is 1.00 bits per heavy atom. The van der Waals surface area contributed by atoms with Gasteiger partial charge in [-0.25, -0.2) is 8.42 Å². The van der Waals surface area contributed by atoms with Gasteiger partial charge in [-0.1, -0.05) is 12.1 Å². The molecule has 3 heterocycles. The van der Waals surface area contributed by atoms with Crippen LogP contribution in [0.1, 0.15) is 34.7 Å². The maximum atomic E-state index is 11.7. The highest BCUT2D eigenvalue weighted by Crippen LogP contribution is 2.44. The second kappa shape index (κ2) is 10.1. The average molecular weight is 548 g/mol. The molecule has 1 saturated heterocycles. The number of hydrogen-bond acceptors (Lipinski definition) is 5. The molecule has 2 atom stereocenters. The van der Waals surface area contributed by atoms with Crippen LogP contribution in [0.2, 0.25) is 0 Å². The molecular formula is C28H29N5O3S2. The van der Waals surface area contributed by atoms with Crippen molar-refractivity contribution in [2.75, 3.05) is 23.0 Å². The Hall–Kier alpha value is -3.89. The molecule has 0 radical (unpaired) electrons. The van der Waals surface area contributed by atoms with Crippen molar-refractivity contribution in [2.45, 2.75) is 25.9 Å². The number of hydrogen-bond donors (Lipinski definition) is 2. The molecule has 0 bridgehead atoms. The first-order valence-corrected chi connectivity index (χ1v) is 14.4. The Morgan fingerprint density at radius 3 is 2.42 bits per heavy atom. The molecule has 0 amide bonds. The van der Waals surface area contributed by atoms with Crippen LogP contribution in [-0.2, 0) is 10.0 Å². The lowest BCUT2D eigenvalue weighted by Crippen LogP contribution is -2.29. The highest BCUT2D eigenvalue weighted by molar-refractivity contribution is 7.92. The maximum Gasteiger partial charge on any atom is 0.229 e. The highest BCUT2D eigenvalue weighted by atomic mass is 32.2. The van der Waals surface area contributed by atoms with Crippen LogP contribution in [-0.4, -0.2) is 36.4 Å². The first kappa shape index (κ1) is 25.7. The summed E-state index contributed by atoms with van der Waals surface area (Å²) in [5.41, 5.74) is 6.48. The average Bonchev–Trinajstić information content (AvgIpc) is 3.39. The fourth-order valence-electron chi connectivity index (χ4n) is 5.09. The van der Waals surface area contributed by atoms with Crippen LogP contribution in [0.4, 0.5) is 11.4 Å². The fraction of sp³-hybridized carbons (Fsp3) is 0.214. The summed E-state index contributed by atoms with van der Waals surface area (Å²) >= 11 is 5.86. The topological polar surface area (TPSA) is 88.5 Å². The predicted molar refractivity (Wildman–Crippen MR) is 155 cm³/mol. The van der Waals surface area contributed by atoms with Gasteiger partial charge in [0.05, 0.1) is 31.1 Å². The number of ether oxygens (including phenoxy) is 1. The molecule has 4 aromatic rings. The van der Waals surface area contributed by atoms with Gasteiger partial charge in [-0.3, -0.25) is 9.71 Å². The normalized spacial score (nSPS) is 17.4. The zero-order chi connectivity index (χ0) is 27.0. The number of nitrogens with zero attached hydrogens (tertiary/aromatic N) is 3. The number of methoxy groups -OCH3 is 1. The van der Waals surface area contributed by atoms with Crippen LogP contribution < -0.4 is 19.7 Å². The van der Waals surface area contributed by atoms with E-state index in [0.29, 0.717) is 10.8 Å². The minimum atomic E-state index is -3.38. The molecule has 0 spiro atoms. The molecule has 0 saturated carbocycles. The van der Waals surface area contributed by atoms with Crippen molar-refractivity contribution < 1.29 is 13.2 Å². The van der Waals surface area contributed by atoms with E-state index in [1.54, 1.807) is 25.4 Å². The Balaban J connectivity index is 1.62. The van der Waals surface area contributed by atoms with Gasteiger partial charge in [-0.05, 0) is 86.2 Å². The van der Waals surface area contributed by atoms with Gasteiger partial charge in [0, 0.05) is 40.7 Å². The third-order valence-corrected chi connectivity index (χ3v) is 7.57. The molecule has 5 rings (SSSR count). The van der Waals surface area contributed by atoms with E-state index in [9.17, 15) is 8.42 Å². The second-order valence-electron chi connectivity index (χ2n) is 9.28. The lowest BCUT2D eigenvalue weighted by molar-refractivity contribution is 0.414. The number of sulfonamides is 1. The number of aryl methyl sites for hydroxylation is 1. The quantitative estimate of drug-likeness (QED) is 0.313. The molecule has 1 aliphatic rings. The molecule has 2 aromatic heterocycles. The molecule has 0 unspecified atom stereocenters. The number of rotatable bonds is 7. The minimum Gasteiger partial charge on any atom is -0.497 e. The standard InChI is InChI=1S/C28H29N5O3S2/c1-18-16-24(19(2)32(18)22-8-7-9-23(17-22)36-3)27-26(25-10-5-6-15-29-25)30-28(37)33(27)21-13-11-20(12-14-21)31-38(4,34)35/h5-17,26-27,31H,1-4H3,(H,30,37)/t26-,27+/m1/s1. The van der Waals surface area contributed by atoms with Crippen LogP contribution in [0.25, 0.3) is 5.69 Å². The number of anilines is 2. The second-order valence-corrected chi connectivity index (χ2v) is 11.4. The summed E-state index contributed by atoms with van der Waals surface area (Å²) in [5.74, 6) is 0.788. The zero-order valence-electron chi connectivity index (χ0n) is 21.5. The third kappa shape index (κ3) is 4.97. The molecule has 38 heavy (non-hydrogen) atoms. The van der Waals surface area contributed by atoms with Crippen LogP contribution in [0.5, 0.6) is 5.75 Å². The van der Waals surface area contributed by atoms with Crippen molar-refractivity contribution in [2.24, 2.45) is 0 Å². The van der Waals surface area contributed by atoms with E-state index in [2.05, 4.69) is 50.5 Å². The predicted octanol–water partition coefficient (Wildman–Crippen LogP) is 5.05. The Morgan fingerprint density at radius 2 is 1.76 bits per heavy atom. The number of nitrogens with one attached hydrogen (secondary N) is 2. The van der Waals surface area contributed by atoms with Crippen molar-refractivity contribution in [1.82, 2.24) is 14.9 Å². The lowest BCUT2D eigenvalue weighted by atomic mass is 9.96. The molecule has 196 valence electrons. The van der Waals surface area contributed by atoms with E-state index < -0.39 is 10.0 Å². The summed E-state index contributed by atoms with van der Waals surface area (Å²) in [7, 11) is -1.72. The monoisotopic (exact) mass is 547 g/mol. The van der Waals surface area contributed by atoms with Crippen molar-refractivity contribution in [3.63, 3.8) is 0 Å². The number of aromatic nitrogens is 2. The molecular weight excluding hydrogens is 518 g/mol. The van der Waals surface area contributed by atoms with Crippen molar-refractivity contribution in [3.8, 4) is 11.4 Å². The smallest absolute Gasteiger partial charge is 0.229 e. The Labute approximate surface area is 228 Å². The summed E-state index contributed by atoms with van der Waals surface area (Å²) in [5, 5.41) is 4.06. The van der Waals surface area contributed by atoms with E-state index >= 15 is 0 Å². The van der Waals surface area contributed by atoms with Crippen LogP contribution in [0.15, 0.2) is 79.0 Å². The van der Waals surface area contributed by atoms with Gasteiger partial charge in [0.1, 0.15) is 5.75 Å². The minimum absolute atomic E-state index is 0.197. The van der Waals surface area contributed by atoms with Gasteiger partial charge in [-0.2, -0.15) is 0 Å². The number of benzene rings is 2. The van der Waals surface area contributed by atoms with Crippen LogP contribution in [0.3, 0.4) is 0 Å². The number of thiocarbonyl (C=S) groups is 1. The fourth-order valence-corrected chi connectivity index (χ4v) is 6.00. The van der Waals surface area contributed by atoms with Gasteiger partial charge < -0.3 is 19.5 Å². The van der Waals surface area contributed by atoms with Crippen molar-refractivity contribution in [3.05, 3.63) is 102 Å². The van der Waals surface area contributed by atoms with E-state index in [1.165, 1.54) is 0 Å². The summed E-state index contributed by atoms with van der Waals surface area (Å²) in [6, 6.07) is 22.9. The molecule has 0 aliphatic carbocycles. The molecule has 2 N–H and O–H groups in total. The first-order valence-electron chi connectivity index (χ1n) is 12.1. The summed E-state index contributed by atoms with van der Waals surface area (Å²) in [6.45, 7) is 4.19. The highest BCUT2D eigenvalue weighted by Gasteiger charge is 2.42. The Kier molecular flexibility index (Phi) is 6.85. The molecule has 2 aromatic carbocycles.